The minimum atomic E-state index is -2.66. The Morgan fingerprint density at radius 3 is 0.856 bits per heavy atom. The van der Waals surface area contributed by atoms with Gasteiger partial charge in [-0.25, -0.2) is 0 Å². The summed E-state index contributed by atoms with van der Waals surface area (Å²) in [4.78, 5) is 52.1. The highest BCUT2D eigenvalue weighted by Gasteiger charge is 2.63. The van der Waals surface area contributed by atoms with Crippen molar-refractivity contribution in [3.8, 4) is 0 Å². The van der Waals surface area contributed by atoms with Gasteiger partial charge in [-0.2, -0.15) is 0 Å². The zero-order valence-electron chi connectivity index (χ0n) is 71.3. The molecule has 33 N–H and O–H groups in total. The maximum Gasteiger partial charge on any atom is 0.217 e. The van der Waals surface area contributed by atoms with Crippen molar-refractivity contribution in [2.75, 3.05) is 59.5 Å². The van der Waals surface area contributed by atoms with Crippen molar-refractivity contribution in [2.24, 2.45) is 0 Å². The van der Waals surface area contributed by atoms with E-state index in [4.69, 9.17) is 99.5 Å². The summed E-state index contributed by atoms with van der Waals surface area (Å²) in [5.74, 6) is -3.85. The minimum Gasteiger partial charge on any atom is -0.394 e. The standard InChI is InChI=1S/C74H124N4O54/c1-16-35(90)46(101)52(107)68(114-16)112-15-30-59(42(97)31(64(111)116-30)75-18(3)86)125-65-32(76-19(4)87)43(98)57(27(12-84)121-65)127-71-55(110)60(129-74-62(50(105)39(94)25(10-82)120-74)131-67-33(77-20(5)88)44(99)56(26(11-83)122-67)126-70-54(109)48(103)37(92)22(7-79)117-70)41(96)29(124-71)14-113-72-61(49(104)38(93)23(8-80)118-72)130-66-34(78-21(6)89)45(100)58(28(13-85)123-66)128-73-63(51(106)40(95)24(9-81)119-73)132-69-53(108)47(102)36(91)17(2)115-69/h16-17,22-74,79-85,90-111H,7-15H2,1-6H3,(H,75,86)(H,76,87)(H,77,88)(H,78,89)/t16-,17-,22+,23+,24+,25+,26+,27+,28+,29+,30+,31+,32+,33-,34+,35+,36+,37-,38+,39+,40-,41+,42+,43+,44+,45+,46+,47+,48-,49-,50-,51-,52-,53-,54+,55-,56+,57+,58+,59+,60-,61-,62-,63+,64+,65-,66-,67-,68+,69-,70-,71-,72-,73-,74+/m0/s1. The summed E-state index contributed by atoms with van der Waals surface area (Å²) in [6.07, 6.45) is -106. The lowest BCUT2D eigenvalue weighted by atomic mass is 9.93. The van der Waals surface area contributed by atoms with Gasteiger partial charge >= 0.3 is 0 Å². The number of ether oxygens (including phenoxy) is 21. The zero-order valence-corrected chi connectivity index (χ0v) is 71.3. The normalized spacial score (nSPS) is 50.4. The van der Waals surface area contributed by atoms with E-state index in [0.29, 0.717) is 0 Å². The summed E-state index contributed by atoms with van der Waals surface area (Å²) in [5.41, 5.74) is 0. The van der Waals surface area contributed by atoms with Crippen LogP contribution in [0.25, 0.3) is 0 Å². The van der Waals surface area contributed by atoms with Crippen LogP contribution in [-0.2, 0) is 119 Å². The molecular formula is C74H124N4O54. The molecule has 11 fully saturated rings. The van der Waals surface area contributed by atoms with E-state index in [2.05, 4.69) is 21.3 Å². The quantitative estimate of drug-likeness (QED) is 0.0290. The van der Waals surface area contributed by atoms with E-state index in [9.17, 15) is 167 Å². The van der Waals surface area contributed by atoms with Crippen LogP contribution in [0.3, 0.4) is 0 Å². The van der Waals surface area contributed by atoms with Crippen LogP contribution in [0.4, 0.5) is 0 Å². The fraction of sp³-hybridized carbons (Fsp3) is 0.946. The first-order valence-electron chi connectivity index (χ1n) is 42.4. The van der Waals surface area contributed by atoms with Crippen molar-refractivity contribution < 1.29 is 267 Å². The largest absolute Gasteiger partial charge is 0.394 e. The van der Waals surface area contributed by atoms with Gasteiger partial charge in [0.25, 0.3) is 0 Å². The fourth-order valence-corrected chi connectivity index (χ4v) is 17.2. The van der Waals surface area contributed by atoms with Gasteiger partial charge < -0.3 is 269 Å². The Morgan fingerprint density at radius 2 is 0.462 bits per heavy atom. The van der Waals surface area contributed by atoms with Crippen molar-refractivity contribution in [1.29, 1.82) is 0 Å². The zero-order chi connectivity index (χ0) is 97.1. The van der Waals surface area contributed by atoms with Gasteiger partial charge in [-0.15, -0.1) is 0 Å². The smallest absolute Gasteiger partial charge is 0.217 e. The van der Waals surface area contributed by atoms with Gasteiger partial charge in [0.15, 0.2) is 69.2 Å². The average molecular weight is 1930 g/mol. The summed E-state index contributed by atoms with van der Waals surface area (Å²) >= 11 is 0. The SMILES string of the molecule is CC(=O)N[C@@H]1[C@H](O[C@@H]2[C@@H](O[C@@H]3[C@H](O)[C@H](O[C@H]4[C@H](O)[C@@H](NC(C)=O)[C@H](O[C@H]5[C@H](O)[C@@H](NC(C)=O)[C@H](O)O[C@@H]5CO[C@@H]5O[C@@H](C)[C@@H](O)[C@@H](O)[C@@H]5O)O[C@@H]4CO)O[C@H](CO[C@H]4O[C@H](CO)[C@@H](O)[C@H](O)[C@@H]4O[C@@H]4O[C@H](CO)[C@@H](O[C@@H]5O[C@H](CO)[C@H](O)[C@H](O)[C@H]5O[C@@H]5O[C@@H](C)[C@@H](O)[C@@H](O)[C@@H]5O)[C@H](O)[C@H]4NC(C)=O)[C@H]3O)O[C@H](CO)[C@@H](O)[C@@H]2O)O[C@H](CO)[C@@H](O[C@@H]2O[C@H](CO)[C@H](O)[C@H](O)[C@H]2O)[C@@H]1O. The molecule has 4 amide bonds. The second-order valence-corrected chi connectivity index (χ2v) is 33.8. The maximum atomic E-state index is 13.3. The number of hydrogen-bond acceptors (Lipinski definition) is 54. The number of aliphatic hydroxyl groups excluding tert-OH is 29. The van der Waals surface area contributed by atoms with E-state index >= 15 is 0 Å². The Kier molecular flexibility index (Phi) is 38.5. The van der Waals surface area contributed by atoms with Crippen LogP contribution in [0.15, 0.2) is 0 Å². The molecule has 0 aromatic carbocycles. The first kappa shape index (κ1) is 108. The molecule has 11 saturated heterocycles. The Balaban J connectivity index is 0.919. The second-order valence-electron chi connectivity index (χ2n) is 33.8. The molecule has 58 heteroatoms. The lowest BCUT2D eigenvalue weighted by molar-refractivity contribution is -0.400. The third-order valence-electron chi connectivity index (χ3n) is 24.5. The predicted octanol–water partition coefficient (Wildman–Crippen LogP) is -22.3. The van der Waals surface area contributed by atoms with Crippen LogP contribution in [0.5, 0.6) is 0 Å². The molecule has 132 heavy (non-hydrogen) atoms. The summed E-state index contributed by atoms with van der Waals surface area (Å²) < 4.78 is 125. The van der Waals surface area contributed by atoms with Crippen molar-refractivity contribution in [1.82, 2.24) is 21.3 Å². The highest BCUT2D eigenvalue weighted by molar-refractivity contribution is 5.74. The fourth-order valence-electron chi connectivity index (χ4n) is 17.2. The Hall–Kier alpha value is -4.12. The van der Waals surface area contributed by atoms with E-state index < -0.39 is 421 Å². The molecule has 11 rings (SSSR count). The summed E-state index contributed by atoms with van der Waals surface area (Å²) in [6, 6.07) is -7.85. The molecule has 764 valence electrons. The molecule has 0 radical (unpaired) electrons. The lowest BCUT2D eigenvalue weighted by Gasteiger charge is -2.51. The van der Waals surface area contributed by atoms with Crippen molar-refractivity contribution in [2.45, 2.75) is 379 Å². The van der Waals surface area contributed by atoms with Gasteiger partial charge in [0.05, 0.1) is 71.7 Å². The first-order valence-corrected chi connectivity index (χ1v) is 42.4. The first-order chi connectivity index (χ1) is 62.4. The molecule has 0 spiro atoms. The number of rotatable bonds is 33. The van der Waals surface area contributed by atoms with E-state index in [0.717, 1.165) is 27.7 Å². The van der Waals surface area contributed by atoms with Crippen LogP contribution in [0.2, 0.25) is 0 Å². The Labute approximate surface area is 748 Å². The third-order valence-corrected chi connectivity index (χ3v) is 24.5. The summed E-state index contributed by atoms with van der Waals surface area (Å²) in [7, 11) is 0. The van der Waals surface area contributed by atoms with Gasteiger partial charge in [0.2, 0.25) is 23.6 Å². The van der Waals surface area contributed by atoms with E-state index in [1.807, 2.05) is 0 Å². The lowest BCUT2D eigenvalue weighted by Crippen LogP contribution is -2.71. The molecule has 0 unspecified atom stereocenters. The number of nitrogens with one attached hydrogen (secondary N) is 4. The van der Waals surface area contributed by atoms with Gasteiger partial charge in [-0.05, 0) is 13.8 Å². The van der Waals surface area contributed by atoms with Crippen molar-refractivity contribution in [3.05, 3.63) is 0 Å². The van der Waals surface area contributed by atoms with Crippen LogP contribution in [0, 0.1) is 0 Å². The molecule has 11 aliphatic rings. The van der Waals surface area contributed by atoms with Crippen LogP contribution in [-0.4, -0.2) is 569 Å². The van der Waals surface area contributed by atoms with Gasteiger partial charge in [-0.3, -0.25) is 19.2 Å². The van der Waals surface area contributed by atoms with Gasteiger partial charge in [0.1, 0.15) is 256 Å². The molecule has 0 aliphatic carbocycles. The second kappa shape index (κ2) is 47.0. The van der Waals surface area contributed by atoms with Gasteiger partial charge in [-0.1, -0.05) is 0 Å². The monoisotopic (exact) mass is 1930 g/mol. The Bertz CT molecular complexity index is 3610. The van der Waals surface area contributed by atoms with Crippen molar-refractivity contribution in [3.63, 3.8) is 0 Å². The molecule has 0 aromatic heterocycles. The number of aliphatic hydroxyl groups is 29. The number of carbonyl (C=O) groups is 4. The highest BCUT2D eigenvalue weighted by Crippen LogP contribution is 2.42. The van der Waals surface area contributed by atoms with E-state index in [1.54, 1.807) is 0 Å². The third kappa shape index (κ3) is 23.7. The minimum absolute atomic E-state index is 0.856. The van der Waals surface area contributed by atoms with Crippen LogP contribution in [0.1, 0.15) is 41.5 Å². The molecule has 0 aromatic rings. The molecular weight excluding hydrogens is 1810 g/mol. The molecule has 55 atom stereocenters. The predicted molar refractivity (Wildman–Crippen MR) is 406 cm³/mol. The molecule has 0 saturated carbocycles. The van der Waals surface area contributed by atoms with Gasteiger partial charge in [0, 0.05) is 27.7 Å². The summed E-state index contributed by atoms with van der Waals surface area (Å²) in [5, 5.41) is 335. The number of amides is 4. The average Bonchev–Trinajstić information content (AvgIpc) is 0.765. The topological polar surface area (TPSA) is 897 Å². The molecule has 58 nitrogen and oxygen atoms in total. The summed E-state index contributed by atoms with van der Waals surface area (Å²) in [6.45, 7) is -3.95. The van der Waals surface area contributed by atoms with Crippen LogP contribution >= 0.6 is 0 Å². The van der Waals surface area contributed by atoms with Crippen LogP contribution < -0.4 is 21.3 Å². The maximum absolute atomic E-state index is 13.3. The van der Waals surface area contributed by atoms with E-state index in [-0.39, 0.29) is 0 Å². The number of carbonyl (C=O) groups excluding carboxylic acids is 4. The molecule has 0 bridgehead atoms. The highest BCUT2D eigenvalue weighted by atomic mass is 16.8. The Morgan fingerprint density at radius 1 is 0.212 bits per heavy atom. The molecule has 11 aliphatic heterocycles. The molecule has 11 heterocycles. The van der Waals surface area contributed by atoms with Crippen molar-refractivity contribution >= 4 is 23.6 Å². The number of hydrogen-bond donors (Lipinski definition) is 33. The van der Waals surface area contributed by atoms with E-state index in [1.165, 1.54) is 13.8 Å².